The predicted molar refractivity (Wildman–Crippen MR) is 128 cm³/mol. The van der Waals surface area contributed by atoms with E-state index in [4.69, 9.17) is 16.6 Å². The van der Waals surface area contributed by atoms with Crippen LogP contribution in [-0.2, 0) is 7.05 Å². The van der Waals surface area contributed by atoms with Gasteiger partial charge in [-0.3, -0.25) is 14.0 Å². The van der Waals surface area contributed by atoms with E-state index in [1.807, 2.05) is 66.7 Å². The van der Waals surface area contributed by atoms with E-state index in [1.54, 1.807) is 28.4 Å². The molecule has 0 unspecified atom stereocenters. The molecule has 2 aromatic heterocycles. The lowest BCUT2D eigenvalue weighted by Gasteiger charge is -2.13. The fourth-order valence-electron chi connectivity index (χ4n) is 3.63. The molecule has 0 bridgehead atoms. The quantitative estimate of drug-likeness (QED) is 0.317. The average Bonchev–Trinajstić information content (AvgIpc) is 3.12. The Kier molecular flexibility index (Phi) is 4.96. The van der Waals surface area contributed by atoms with Crippen molar-refractivity contribution in [2.75, 3.05) is 0 Å². The molecule has 0 spiro atoms. The summed E-state index contributed by atoms with van der Waals surface area (Å²) in [7, 11) is 1.77. The zero-order valence-corrected chi connectivity index (χ0v) is 18.8. The molecule has 2 heterocycles. The number of hydrogen-bond acceptors (Lipinski definition) is 3. The van der Waals surface area contributed by atoms with E-state index in [0.29, 0.717) is 33.3 Å². The number of hydrogen-bond donors (Lipinski definition) is 0. The van der Waals surface area contributed by atoms with Gasteiger partial charge in [0.05, 0.1) is 5.69 Å². The third-order valence-corrected chi connectivity index (χ3v) is 5.87. The molecular weight excluding hydrogens is 476 g/mol. The number of rotatable bonds is 3. The monoisotopic (exact) mass is 490 g/mol. The summed E-state index contributed by atoms with van der Waals surface area (Å²) in [5.41, 5.74) is 3.91. The summed E-state index contributed by atoms with van der Waals surface area (Å²) in [5, 5.41) is 5.23. The number of aromatic nitrogens is 4. The molecule has 0 N–H and O–H groups in total. The predicted octanol–water partition coefficient (Wildman–Crippen LogP) is 5.87. The van der Waals surface area contributed by atoms with Crippen molar-refractivity contribution >= 4 is 38.6 Å². The second kappa shape index (κ2) is 7.80. The van der Waals surface area contributed by atoms with Crippen LogP contribution in [0.4, 0.5) is 0 Å². The summed E-state index contributed by atoms with van der Waals surface area (Å²) in [6, 6.07) is 24.6. The van der Waals surface area contributed by atoms with Gasteiger partial charge in [-0.15, -0.1) is 0 Å². The molecule has 0 aliphatic heterocycles. The number of fused-ring (bicyclic) bond motifs is 1. The minimum absolute atomic E-state index is 0.192. The second-order valence-electron chi connectivity index (χ2n) is 7.09. The Morgan fingerprint density at radius 1 is 0.871 bits per heavy atom. The number of aryl methyl sites for hydroxylation is 1. The minimum Gasteiger partial charge on any atom is -0.266 e. The topological polar surface area (TPSA) is 52.7 Å². The van der Waals surface area contributed by atoms with Crippen molar-refractivity contribution in [2.45, 2.75) is 0 Å². The molecule has 3 aromatic carbocycles. The third-order valence-electron chi connectivity index (χ3n) is 5.09. The molecule has 5 aromatic rings. The van der Waals surface area contributed by atoms with Crippen LogP contribution in [0.25, 0.3) is 39.4 Å². The molecular formula is C24H16BrClN4O. The minimum atomic E-state index is -0.192. The molecule has 0 amide bonds. The highest BCUT2D eigenvalue weighted by Crippen LogP contribution is 2.29. The van der Waals surface area contributed by atoms with Crippen LogP contribution in [0.2, 0.25) is 5.02 Å². The molecule has 31 heavy (non-hydrogen) atoms. The van der Waals surface area contributed by atoms with E-state index in [2.05, 4.69) is 21.0 Å². The van der Waals surface area contributed by atoms with E-state index >= 15 is 0 Å². The van der Waals surface area contributed by atoms with Crippen molar-refractivity contribution in [3.63, 3.8) is 0 Å². The molecule has 0 atom stereocenters. The molecule has 0 aliphatic carbocycles. The molecule has 7 heteroatoms. The number of benzene rings is 3. The molecule has 0 saturated heterocycles. The van der Waals surface area contributed by atoms with Crippen LogP contribution < -0.4 is 5.56 Å². The summed E-state index contributed by atoms with van der Waals surface area (Å²) in [6.07, 6.45) is 0. The maximum absolute atomic E-state index is 13.8. The highest BCUT2D eigenvalue weighted by atomic mass is 79.9. The molecule has 0 fully saturated rings. The smallest absolute Gasteiger partial charge is 0.266 e. The fraction of sp³-hybridized carbons (Fsp3) is 0.0417. The lowest BCUT2D eigenvalue weighted by molar-refractivity contribution is 0.790. The summed E-state index contributed by atoms with van der Waals surface area (Å²) in [4.78, 5) is 18.7. The lowest BCUT2D eigenvalue weighted by Crippen LogP contribution is -2.23. The third kappa shape index (κ3) is 3.48. The van der Waals surface area contributed by atoms with Crippen molar-refractivity contribution in [1.82, 2.24) is 19.3 Å². The van der Waals surface area contributed by atoms with E-state index in [9.17, 15) is 4.79 Å². The van der Waals surface area contributed by atoms with Gasteiger partial charge in [0.15, 0.2) is 5.52 Å². The standard InChI is InChI=1S/C24H16BrClN4O/c1-29-22-21(20(28-29)15-5-3-2-4-6-15)27-23(16-7-9-17(25)10-8-16)30(24(22)31)19-13-11-18(26)12-14-19/h2-14H,1H3. The zero-order chi connectivity index (χ0) is 21.5. The van der Waals surface area contributed by atoms with Crippen LogP contribution in [-0.4, -0.2) is 19.3 Å². The van der Waals surface area contributed by atoms with Gasteiger partial charge in [0.2, 0.25) is 0 Å². The molecule has 0 saturated carbocycles. The largest absolute Gasteiger partial charge is 0.284 e. The van der Waals surface area contributed by atoms with Crippen LogP contribution in [0.15, 0.2) is 88.1 Å². The second-order valence-corrected chi connectivity index (χ2v) is 8.45. The highest BCUT2D eigenvalue weighted by Gasteiger charge is 2.21. The Hall–Kier alpha value is -3.22. The van der Waals surface area contributed by atoms with Crippen molar-refractivity contribution in [3.8, 4) is 28.3 Å². The van der Waals surface area contributed by atoms with Crippen LogP contribution in [0.5, 0.6) is 0 Å². The fourth-order valence-corrected chi connectivity index (χ4v) is 4.02. The Balaban J connectivity index is 1.89. The zero-order valence-electron chi connectivity index (χ0n) is 16.5. The maximum atomic E-state index is 13.8. The van der Waals surface area contributed by atoms with Gasteiger partial charge in [-0.2, -0.15) is 5.10 Å². The van der Waals surface area contributed by atoms with E-state index < -0.39 is 0 Å². The molecule has 0 radical (unpaired) electrons. The Labute approximate surface area is 191 Å². The van der Waals surface area contributed by atoms with E-state index in [-0.39, 0.29) is 5.56 Å². The average molecular weight is 492 g/mol. The van der Waals surface area contributed by atoms with Crippen molar-refractivity contribution < 1.29 is 0 Å². The Morgan fingerprint density at radius 2 is 1.55 bits per heavy atom. The van der Waals surface area contributed by atoms with Gasteiger partial charge in [-0.25, -0.2) is 4.98 Å². The van der Waals surface area contributed by atoms with E-state index in [0.717, 1.165) is 15.6 Å². The van der Waals surface area contributed by atoms with Gasteiger partial charge in [-0.1, -0.05) is 70.0 Å². The van der Waals surface area contributed by atoms with Crippen LogP contribution in [0.3, 0.4) is 0 Å². The van der Waals surface area contributed by atoms with Crippen molar-refractivity contribution in [3.05, 3.63) is 98.7 Å². The summed E-state index contributed by atoms with van der Waals surface area (Å²) in [5.74, 6) is 0.539. The Morgan fingerprint density at radius 3 is 2.23 bits per heavy atom. The molecule has 5 nitrogen and oxygen atoms in total. The number of halogens is 2. The van der Waals surface area contributed by atoms with Gasteiger partial charge in [-0.05, 0) is 36.4 Å². The molecule has 5 rings (SSSR count). The summed E-state index contributed by atoms with van der Waals surface area (Å²) < 4.78 is 4.16. The maximum Gasteiger partial charge on any atom is 0.284 e. The molecule has 152 valence electrons. The first kappa shape index (κ1) is 19.7. The van der Waals surface area contributed by atoms with Gasteiger partial charge in [0.25, 0.3) is 5.56 Å². The SMILES string of the molecule is Cn1nc(-c2ccccc2)c2nc(-c3ccc(Br)cc3)n(-c3ccc(Cl)cc3)c(=O)c21. The number of nitrogens with zero attached hydrogens (tertiary/aromatic N) is 4. The molecule has 0 aliphatic rings. The lowest BCUT2D eigenvalue weighted by atomic mass is 10.1. The first-order valence-corrected chi connectivity index (χ1v) is 10.8. The highest BCUT2D eigenvalue weighted by molar-refractivity contribution is 9.10. The van der Waals surface area contributed by atoms with Gasteiger partial charge < -0.3 is 0 Å². The summed E-state index contributed by atoms with van der Waals surface area (Å²) >= 11 is 9.55. The first-order chi connectivity index (χ1) is 15.0. The normalized spacial score (nSPS) is 11.2. The van der Waals surface area contributed by atoms with Gasteiger partial charge in [0.1, 0.15) is 17.0 Å². The van der Waals surface area contributed by atoms with Crippen molar-refractivity contribution in [2.24, 2.45) is 7.05 Å². The van der Waals surface area contributed by atoms with Crippen LogP contribution in [0.1, 0.15) is 0 Å². The Bertz CT molecular complexity index is 1460. The first-order valence-electron chi connectivity index (χ1n) is 9.60. The van der Waals surface area contributed by atoms with Crippen molar-refractivity contribution in [1.29, 1.82) is 0 Å². The van der Waals surface area contributed by atoms with Gasteiger partial charge in [0, 0.05) is 27.7 Å². The van der Waals surface area contributed by atoms with Crippen LogP contribution in [0, 0.1) is 0 Å². The van der Waals surface area contributed by atoms with Crippen LogP contribution >= 0.6 is 27.5 Å². The van der Waals surface area contributed by atoms with Gasteiger partial charge >= 0.3 is 0 Å². The summed E-state index contributed by atoms with van der Waals surface area (Å²) in [6.45, 7) is 0. The van der Waals surface area contributed by atoms with E-state index in [1.165, 1.54) is 0 Å².